The molecule has 5 aromatic carbocycles. The van der Waals surface area contributed by atoms with E-state index in [1.807, 2.05) is 54.6 Å². The Balaban J connectivity index is 1.18. The minimum Gasteiger partial charge on any atom is -0.339 e. The summed E-state index contributed by atoms with van der Waals surface area (Å²) in [6.45, 7) is 0.900. The van der Waals surface area contributed by atoms with E-state index in [2.05, 4.69) is 0 Å². The number of ketones is 1. The summed E-state index contributed by atoms with van der Waals surface area (Å²) >= 11 is 7.50. The van der Waals surface area contributed by atoms with Gasteiger partial charge in [0.1, 0.15) is 0 Å². The van der Waals surface area contributed by atoms with Crippen LogP contribution in [-0.4, -0.2) is 63.4 Å². The second kappa shape index (κ2) is 13.2. The van der Waals surface area contributed by atoms with Gasteiger partial charge in [0.15, 0.2) is 11.4 Å². The molecule has 0 spiro atoms. The van der Waals surface area contributed by atoms with Crippen molar-refractivity contribution in [3.05, 3.63) is 130 Å². The van der Waals surface area contributed by atoms with E-state index in [1.54, 1.807) is 64.7 Å². The molecule has 6 aromatic rings. The van der Waals surface area contributed by atoms with Gasteiger partial charge in [-0.1, -0.05) is 66.2 Å². The molecule has 0 bridgehead atoms. The van der Waals surface area contributed by atoms with Gasteiger partial charge >= 0.3 is 7.60 Å². The standard InChI is InChI=1S/C38H32ClN2O6PS/c1-40(29-14-16-41(17-15-29)37(43)27-11-10-23-6-2-3-7-24(23)18-27)38(44)32-20-26-9-5-4-8-25(26)19-31(32)35(42)36(48(45,46)47)33-22-49-34-13-12-28(39)21-30(33)34/h2-13,18-22,29,36H,14-17H2,1H3,(H2,45,46,47). The molecule has 0 radical (unpaired) electrons. The number of halogens is 1. The molecular weight excluding hydrogens is 679 g/mol. The molecule has 0 saturated carbocycles. The lowest BCUT2D eigenvalue weighted by Crippen LogP contribution is -2.47. The van der Waals surface area contributed by atoms with E-state index in [-0.39, 0.29) is 28.6 Å². The molecule has 1 saturated heterocycles. The fourth-order valence-corrected chi connectivity index (χ4v) is 9.05. The number of likely N-dealkylation sites (tertiary alicyclic amines) is 1. The van der Waals surface area contributed by atoms with Crippen molar-refractivity contribution in [2.75, 3.05) is 20.1 Å². The van der Waals surface area contributed by atoms with Gasteiger partial charge in [0, 0.05) is 47.0 Å². The third-order valence-corrected chi connectivity index (χ3v) is 11.8. The zero-order valence-corrected chi connectivity index (χ0v) is 28.9. The van der Waals surface area contributed by atoms with Crippen LogP contribution in [0.1, 0.15) is 55.1 Å². The fourth-order valence-electron chi connectivity index (χ4n) is 6.79. The number of thiophene rings is 1. The molecule has 1 fully saturated rings. The molecule has 2 heterocycles. The van der Waals surface area contributed by atoms with Crippen LogP contribution in [0.15, 0.2) is 102 Å². The summed E-state index contributed by atoms with van der Waals surface area (Å²) in [5.41, 5.74) is -1.04. The monoisotopic (exact) mass is 710 g/mol. The SMILES string of the molecule is CN(C(=O)c1cc2ccccc2cc1C(=O)C(c1csc2ccc(Cl)cc12)P(=O)(O)O)C1CCN(C(=O)c2ccc3ccccc3c2)CC1. The van der Waals surface area contributed by atoms with E-state index in [0.29, 0.717) is 52.7 Å². The van der Waals surface area contributed by atoms with Crippen molar-refractivity contribution in [1.82, 2.24) is 9.80 Å². The Hall–Kier alpha value is -4.37. The molecule has 1 atom stereocenters. The van der Waals surface area contributed by atoms with Crippen molar-refractivity contribution < 1.29 is 28.7 Å². The van der Waals surface area contributed by atoms with Gasteiger partial charge in [0.25, 0.3) is 11.8 Å². The maximum Gasteiger partial charge on any atom is 0.340 e. The lowest BCUT2D eigenvalue weighted by Gasteiger charge is -2.37. The zero-order valence-electron chi connectivity index (χ0n) is 26.5. The first-order valence-corrected chi connectivity index (χ1v) is 18.8. The average molecular weight is 711 g/mol. The Kier molecular flexibility index (Phi) is 8.90. The van der Waals surface area contributed by atoms with Crippen molar-refractivity contribution in [3.8, 4) is 0 Å². The van der Waals surface area contributed by atoms with Gasteiger partial charge in [-0.2, -0.15) is 0 Å². The lowest BCUT2D eigenvalue weighted by atomic mass is 9.93. The summed E-state index contributed by atoms with van der Waals surface area (Å²) in [6.07, 6.45) is 1.07. The fraction of sp³-hybridized carbons (Fsp3) is 0.184. The molecule has 1 unspecified atom stereocenters. The van der Waals surface area contributed by atoms with Crippen molar-refractivity contribution in [2.45, 2.75) is 24.5 Å². The van der Waals surface area contributed by atoms with Gasteiger partial charge in [-0.25, -0.2) is 0 Å². The van der Waals surface area contributed by atoms with E-state index >= 15 is 0 Å². The number of benzene rings is 5. The van der Waals surface area contributed by atoms with Gasteiger partial charge in [0.2, 0.25) is 0 Å². The average Bonchev–Trinajstić information content (AvgIpc) is 3.51. The molecule has 1 aromatic heterocycles. The quantitative estimate of drug-likeness (QED) is 0.127. The normalized spacial score (nSPS) is 14.7. The Morgan fingerprint density at radius 1 is 0.837 bits per heavy atom. The van der Waals surface area contributed by atoms with Gasteiger partial charge in [-0.3, -0.25) is 18.9 Å². The molecule has 1 aliphatic heterocycles. The number of carbonyl (C=O) groups is 3. The second-order valence-corrected chi connectivity index (χ2v) is 15.5. The Bertz CT molecular complexity index is 2330. The zero-order chi connectivity index (χ0) is 34.4. The molecule has 2 amide bonds. The van der Waals surface area contributed by atoms with Gasteiger partial charge in [-0.05, 0) is 93.2 Å². The number of piperidine rings is 1. The van der Waals surface area contributed by atoms with Crippen LogP contribution in [-0.2, 0) is 4.57 Å². The number of rotatable bonds is 7. The minimum atomic E-state index is -5.07. The molecule has 0 aliphatic carbocycles. The van der Waals surface area contributed by atoms with Gasteiger partial charge in [-0.15, -0.1) is 11.3 Å². The van der Waals surface area contributed by atoms with E-state index in [0.717, 1.165) is 15.5 Å². The van der Waals surface area contributed by atoms with Crippen molar-refractivity contribution in [1.29, 1.82) is 0 Å². The van der Waals surface area contributed by atoms with Crippen LogP contribution >= 0.6 is 30.5 Å². The topological polar surface area (TPSA) is 115 Å². The maximum atomic E-state index is 14.4. The van der Waals surface area contributed by atoms with Crippen molar-refractivity contribution in [3.63, 3.8) is 0 Å². The summed E-state index contributed by atoms with van der Waals surface area (Å²) in [6, 6.07) is 28.8. The first-order valence-electron chi connectivity index (χ1n) is 15.8. The van der Waals surface area contributed by atoms with Crippen molar-refractivity contribution in [2.24, 2.45) is 0 Å². The number of carbonyl (C=O) groups excluding carboxylic acids is 3. The summed E-state index contributed by atoms with van der Waals surface area (Å²) in [4.78, 5) is 66.7. The van der Waals surface area contributed by atoms with Gasteiger partial charge < -0.3 is 19.6 Å². The summed E-state index contributed by atoms with van der Waals surface area (Å²) < 4.78 is 13.8. The third-order valence-electron chi connectivity index (χ3n) is 9.44. The molecule has 8 nitrogen and oxygen atoms in total. The number of amides is 2. The molecule has 49 heavy (non-hydrogen) atoms. The lowest BCUT2D eigenvalue weighted by molar-refractivity contribution is 0.0567. The van der Waals surface area contributed by atoms with E-state index < -0.39 is 24.9 Å². The Morgan fingerprint density at radius 3 is 2.10 bits per heavy atom. The first kappa shape index (κ1) is 33.1. The molecule has 11 heteroatoms. The summed E-state index contributed by atoms with van der Waals surface area (Å²) in [7, 11) is -3.40. The minimum absolute atomic E-state index is 0.0610. The predicted octanol–water partition coefficient (Wildman–Crippen LogP) is 8.34. The van der Waals surface area contributed by atoms with Crippen LogP contribution in [0.5, 0.6) is 0 Å². The third kappa shape index (κ3) is 6.41. The molecule has 248 valence electrons. The molecular formula is C38H32ClN2O6PS. The number of hydrogen-bond donors (Lipinski definition) is 2. The van der Waals surface area contributed by atoms with Gasteiger partial charge in [0.05, 0.1) is 5.56 Å². The van der Waals surface area contributed by atoms with E-state index in [4.69, 9.17) is 11.6 Å². The van der Waals surface area contributed by atoms with Crippen LogP contribution in [0.2, 0.25) is 5.02 Å². The number of hydrogen-bond acceptors (Lipinski definition) is 5. The number of nitrogens with zero attached hydrogens (tertiary/aromatic N) is 2. The van der Waals surface area contributed by atoms with Crippen molar-refractivity contribution >= 4 is 79.8 Å². The highest BCUT2D eigenvalue weighted by Crippen LogP contribution is 2.56. The number of Topliss-reactive ketones (excluding diaryl/α,β-unsaturated/α-hetero) is 1. The summed E-state index contributed by atoms with van der Waals surface area (Å²) in [5, 5.41) is 5.85. The van der Waals surface area contributed by atoms with Crippen LogP contribution in [0, 0.1) is 0 Å². The van der Waals surface area contributed by atoms with Crippen LogP contribution < -0.4 is 0 Å². The van der Waals surface area contributed by atoms with E-state index in [9.17, 15) is 28.7 Å². The largest absolute Gasteiger partial charge is 0.340 e. The maximum absolute atomic E-state index is 14.4. The van der Waals surface area contributed by atoms with Crippen LogP contribution in [0.4, 0.5) is 0 Å². The highest BCUT2D eigenvalue weighted by molar-refractivity contribution is 7.53. The van der Waals surface area contributed by atoms with Crippen LogP contribution in [0.3, 0.4) is 0 Å². The molecule has 2 N–H and O–H groups in total. The van der Waals surface area contributed by atoms with Crippen LogP contribution in [0.25, 0.3) is 31.6 Å². The first-order chi connectivity index (χ1) is 23.5. The van der Waals surface area contributed by atoms with E-state index in [1.165, 1.54) is 11.3 Å². The Labute approximate surface area is 291 Å². The summed E-state index contributed by atoms with van der Waals surface area (Å²) in [5.74, 6) is -1.34. The predicted molar refractivity (Wildman–Crippen MR) is 195 cm³/mol. The molecule has 1 aliphatic rings. The molecule has 7 rings (SSSR count). The Morgan fingerprint density at radius 2 is 1.45 bits per heavy atom. The highest BCUT2D eigenvalue weighted by atomic mass is 35.5. The highest BCUT2D eigenvalue weighted by Gasteiger charge is 2.41. The number of fused-ring (bicyclic) bond motifs is 3. The second-order valence-electron chi connectivity index (χ2n) is 12.4. The smallest absolute Gasteiger partial charge is 0.339 e.